The van der Waals surface area contributed by atoms with Crippen LogP contribution in [-0.4, -0.2) is 31.5 Å². The van der Waals surface area contributed by atoms with Crippen LogP contribution in [0.1, 0.15) is 28.1 Å². The summed E-state index contributed by atoms with van der Waals surface area (Å²) in [4.78, 5) is 32.0. The fraction of sp³-hybridized carbons (Fsp3) is 0.208. The van der Waals surface area contributed by atoms with Crippen molar-refractivity contribution in [3.8, 4) is 11.6 Å². The summed E-state index contributed by atoms with van der Waals surface area (Å²) in [5, 5.41) is 3.16. The van der Waals surface area contributed by atoms with Crippen LogP contribution in [-0.2, 0) is 12.8 Å². The largest absolute Gasteiger partial charge is 0.439 e. The number of nitrogens with one attached hydrogen (secondary N) is 2. The molecule has 8 nitrogen and oxygen atoms in total. The SMILES string of the molecule is Cc1ccc(Oc2ccc(CCNc3ncc(Cc4cnc(C)nc4)c(=O)[nH]3)cc2)nc1. The van der Waals surface area contributed by atoms with Gasteiger partial charge in [-0.05, 0) is 49.1 Å². The van der Waals surface area contributed by atoms with E-state index < -0.39 is 0 Å². The molecule has 4 aromatic rings. The van der Waals surface area contributed by atoms with Crippen LogP contribution < -0.4 is 15.6 Å². The molecule has 0 aliphatic carbocycles. The zero-order valence-corrected chi connectivity index (χ0v) is 18.0. The highest BCUT2D eigenvalue weighted by atomic mass is 16.5. The number of aromatic nitrogens is 5. The number of H-pyrrole nitrogens is 1. The van der Waals surface area contributed by atoms with Crippen LogP contribution in [0, 0.1) is 13.8 Å². The molecular weight excluding hydrogens is 404 g/mol. The Morgan fingerprint density at radius 1 is 0.875 bits per heavy atom. The number of benzene rings is 1. The summed E-state index contributed by atoms with van der Waals surface area (Å²) < 4.78 is 5.75. The lowest BCUT2D eigenvalue weighted by Gasteiger charge is -2.08. The van der Waals surface area contributed by atoms with Gasteiger partial charge in [-0.1, -0.05) is 18.2 Å². The maximum absolute atomic E-state index is 12.4. The molecule has 4 rings (SSSR count). The van der Waals surface area contributed by atoms with Crippen LogP contribution in [0.4, 0.5) is 5.95 Å². The van der Waals surface area contributed by atoms with E-state index in [1.165, 1.54) is 0 Å². The van der Waals surface area contributed by atoms with E-state index in [4.69, 9.17) is 4.74 Å². The van der Waals surface area contributed by atoms with Crippen LogP contribution in [0.15, 0.2) is 66.0 Å². The molecular formula is C24H24N6O2. The van der Waals surface area contributed by atoms with Crippen molar-refractivity contribution in [2.24, 2.45) is 0 Å². The van der Waals surface area contributed by atoms with Crippen molar-refractivity contribution in [2.75, 3.05) is 11.9 Å². The highest BCUT2D eigenvalue weighted by molar-refractivity contribution is 5.32. The molecule has 8 heteroatoms. The molecule has 0 amide bonds. The van der Waals surface area contributed by atoms with E-state index in [9.17, 15) is 4.79 Å². The first-order chi connectivity index (χ1) is 15.5. The predicted octanol–water partition coefficient (Wildman–Crippen LogP) is 3.61. The first-order valence-corrected chi connectivity index (χ1v) is 10.3. The van der Waals surface area contributed by atoms with Crippen molar-refractivity contribution in [3.05, 3.63) is 99.6 Å². The standard InChI is InChI=1S/C24H24N6O2/c1-16-3-8-22(28-12-16)32-21-6-4-18(5-7-21)9-10-25-24-29-15-20(23(31)30-24)11-19-13-26-17(2)27-14-19/h3-8,12-15H,9-11H2,1-2H3,(H2,25,29,30,31). The highest BCUT2D eigenvalue weighted by Gasteiger charge is 2.05. The van der Waals surface area contributed by atoms with Gasteiger partial charge < -0.3 is 10.1 Å². The van der Waals surface area contributed by atoms with Crippen molar-refractivity contribution in [2.45, 2.75) is 26.7 Å². The van der Waals surface area contributed by atoms with Gasteiger partial charge in [-0.25, -0.2) is 19.9 Å². The molecule has 0 spiro atoms. The van der Waals surface area contributed by atoms with E-state index in [2.05, 4.69) is 30.2 Å². The molecule has 1 aromatic carbocycles. The minimum atomic E-state index is -0.172. The smallest absolute Gasteiger partial charge is 0.255 e. The van der Waals surface area contributed by atoms with Crippen LogP contribution in [0.2, 0.25) is 0 Å². The van der Waals surface area contributed by atoms with Crippen LogP contribution >= 0.6 is 0 Å². The van der Waals surface area contributed by atoms with Crippen molar-refractivity contribution < 1.29 is 4.74 Å². The quantitative estimate of drug-likeness (QED) is 0.442. The molecule has 0 unspecified atom stereocenters. The molecule has 32 heavy (non-hydrogen) atoms. The van der Waals surface area contributed by atoms with Crippen molar-refractivity contribution in [3.63, 3.8) is 0 Å². The number of rotatable bonds is 8. The lowest BCUT2D eigenvalue weighted by molar-refractivity contribution is 0.462. The van der Waals surface area contributed by atoms with E-state index in [0.29, 0.717) is 36.2 Å². The maximum atomic E-state index is 12.4. The lowest BCUT2D eigenvalue weighted by Crippen LogP contribution is -2.18. The summed E-state index contributed by atoms with van der Waals surface area (Å²) in [5.74, 6) is 2.45. The number of pyridine rings is 1. The first kappa shape index (κ1) is 21.2. The minimum Gasteiger partial charge on any atom is -0.439 e. The number of hydrogen-bond acceptors (Lipinski definition) is 7. The number of anilines is 1. The van der Waals surface area contributed by atoms with Gasteiger partial charge in [0.05, 0.1) is 0 Å². The fourth-order valence-corrected chi connectivity index (χ4v) is 3.05. The van der Waals surface area contributed by atoms with Crippen LogP contribution in [0.3, 0.4) is 0 Å². The summed E-state index contributed by atoms with van der Waals surface area (Å²) in [7, 11) is 0. The summed E-state index contributed by atoms with van der Waals surface area (Å²) in [5.41, 5.74) is 3.50. The molecule has 0 aliphatic heterocycles. The average Bonchev–Trinajstić information content (AvgIpc) is 2.80. The molecule has 0 saturated carbocycles. The van der Waals surface area contributed by atoms with Gasteiger partial charge in [0, 0.05) is 49.4 Å². The van der Waals surface area contributed by atoms with Gasteiger partial charge in [0.2, 0.25) is 11.8 Å². The van der Waals surface area contributed by atoms with Crippen molar-refractivity contribution in [1.29, 1.82) is 0 Å². The molecule has 0 atom stereocenters. The molecule has 0 saturated heterocycles. The second kappa shape index (κ2) is 9.82. The Bertz CT molecular complexity index is 1220. The highest BCUT2D eigenvalue weighted by Crippen LogP contribution is 2.20. The first-order valence-electron chi connectivity index (χ1n) is 10.3. The third-order valence-corrected chi connectivity index (χ3v) is 4.84. The topological polar surface area (TPSA) is 106 Å². The number of ether oxygens (including phenoxy) is 1. The second-order valence-corrected chi connectivity index (χ2v) is 7.50. The van der Waals surface area contributed by atoms with Gasteiger partial charge in [-0.2, -0.15) is 0 Å². The Balaban J connectivity index is 1.28. The summed E-state index contributed by atoms with van der Waals surface area (Å²) in [6.45, 7) is 4.44. The number of nitrogens with zero attached hydrogens (tertiary/aromatic N) is 4. The Kier molecular flexibility index (Phi) is 6.50. The molecule has 3 heterocycles. The fourth-order valence-electron chi connectivity index (χ4n) is 3.05. The number of aryl methyl sites for hydroxylation is 2. The normalized spacial score (nSPS) is 10.7. The zero-order chi connectivity index (χ0) is 22.3. The van der Waals surface area contributed by atoms with Gasteiger partial charge in [0.15, 0.2) is 0 Å². The van der Waals surface area contributed by atoms with Gasteiger partial charge in [-0.15, -0.1) is 0 Å². The van der Waals surface area contributed by atoms with Gasteiger partial charge in [0.25, 0.3) is 5.56 Å². The number of hydrogen-bond donors (Lipinski definition) is 2. The molecule has 0 radical (unpaired) electrons. The minimum absolute atomic E-state index is 0.172. The third-order valence-electron chi connectivity index (χ3n) is 4.84. The van der Waals surface area contributed by atoms with Crippen molar-refractivity contribution >= 4 is 5.95 Å². The van der Waals surface area contributed by atoms with Gasteiger partial charge in [0.1, 0.15) is 11.6 Å². The molecule has 162 valence electrons. The van der Waals surface area contributed by atoms with Gasteiger partial charge in [-0.3, -0.25) is 9.78 Å². The predicted molar refractivity (Wildman–Crippen MR) is 122 cm³/mol. The van der Waals surface area contributed by atoms with E-state index in [0.717, 1.165) is 28.9 Å². The Morgan fingerprint density at radius 3 is 2.34 bits per heavy atom. The molecule has 3 aromatic heterocycles. The Hall–Kier alpha value is -4.07. The average molecular weight is 428 g/mol. The maximum Gasteiger partial charge on any atom is 0.255 e. The van der Waals surface area contributed by atoms with E-state index in [1.807, 2.05) is 50.2 Å². The van der Waals surface area contributed by atoms with E-state index in [-0.39, 0.29) is 5.56 Å². The monoisotopic (exact) mass is 428 g/mol. The molecule has 0 bridgehead atoms. The molecule has 2 N–H and O–H groups in total. The Labute approximate surface area is 185 Å². The Morgan fingerprint density at radius 2 is 1.66 bits per heavy atom. The van der Waals surface area contributed by atoms with Crippen molar-refractivity contribution in [1.82, 2.24) is 24.9 Å². The third kappa shape index (κ3) is 5.75. The number of aromatic amines is 1. The molecule has 0 aliphatic rings. The van der Waals surface area contributed by atoms with E-state index >= 15 is 0 Å². The summed E-state index contributed by atoms with van der Waals surface area (Å²) in [6.07, 6.45) is 8.03. The van der Waals surface area contributed by atoms with Crippen LogP contribution in [0.25, 0.3) is 0 Å². The van der Waals surface area contributed by atoms with Gasteiger partial charge >= 0.3 is 0 Å². The molecule has 0 fully saturated rings. The second-order valence-electron chi connectivity index (χ2n) is 7.50. The van der Waals surface area contributed by atoms with Crippen LogP contribution in [0.5, 0.6) is 11.6 Å². The zero-order valence-electron chi connectivity index (χ0n) is 18.0. The lowest BCUT2D eigenvalue weighted by atomic mass is 10.1. The summed E-state index contributed by atoms with van der Waals surface area (Å²) >= 11 is 0. The van der Waals surface area contributed by atoms with E-state index in [1.54, 1.807) is 24.8 Å². The summed E-state index contributed by atoms with van der Waals surface area (Å²) in [6, 6.07) is 11.7.